The summed E-state index contributed by atoms with van der Waals surface area (Å²) in [4.78, 5) is 24.6. The second-order valence-electron chi connectivity index (χ2n) is 9.87. The number of carbonyl (C=O) groups excluding carboxylic acids is 2. The minimum absolute atomic E-state index is 0.140. The average Bonchev–Trinajstić information content (AvgIpc) is 3.03. The van der Waals surface area contributed by atoms with E-state index in [-0.39, 0.29) is 24.6 Å². The van der Waals surface area contributed by atoms with Gasteiger partial charge in [0.05, 0.1) is 43.1 Å². The molecule has 1 heterocycles. The Kier molecular flexibility index (Phi) is 11.8. The summed E-state index contributed by atoms with van der Waals surface area (Å²) in [5.41, 5.74) is 5.11. The van der Waals surface area contributed by atoms with Crippen molar-refractivity contribution in [1.29, 1.82) is 0 Å². The van der Waals surface area contributed by atoms with Crippen molar-refractivity contribution in [3.8, 4) is 23.0 Å². The molecule has 12 nitrogen and oxygen atoms in total. The minimum Gasteiger partial charge on any atom is -0.493 e. The van der Waals surface area contributed by atoms with E-state index >= 15 is 0 Å². The molecule has 2 amide bonds. The van der Waals surface area contributed by atoms with Gasteiger partial charge in [-0.15, -0.1) is 0 Å². The second kappa shape index (κ2) is 16.0. The molecule has 0 aromatic heterocycles. The molecule has 1 aliphatic heterocycles. The molecule has 1 aliphatic rings. The zero-order valence-corrected chi connectivity index (χ0v) is 27.1. The van der Waals surface area contributed by atoms with E-state index in [0.717, 1.165) is 0 Å². The van der Waals surface area contributed by atoms with Gasteiger partial charge in [-0.05, 0) is 82.9 Å². The van der Waals surface area contributed by atoms with Crippen molar-refractivity contribution in [3.05, 3.63) is 92.8 Å². The van der Waals surface area contributed by atoms with Crippen LogP contribution in [-0.2, 0) is 16.1 Å². The normalized spacial score (nSPS) is 15.1. The van der Waals surface area contributed by atoms with Gasteiger partial charge in [0.1, 0.15) is 19.0 Å². The lowest BCUT2D eigenvalue weighted by Gasteiger charge is -2.28. The van der Waals surface area contributed by atoms with Crippen LogP contribution in [0.25, 0.3) is 0 Å². The third kappa shape index (κ3) is 8.67. The summed E-state index contributed by atoms with van der Waals surface area (Å²) in [6.45, 7) is 3.69. The number of nitrogens with zero attached hydrogens (tertiary/aromatic N) is 1. The van der Waals surface area contributed by atoms with Crippen molar-refractivity contribution in [1.82, 2.24) is 16.1 Å². The van der Waals surface area contributed by atoms with Crippen LogP contribution in [0.3, 0.4) is 0 Å². The monoisotopic (exact) mass is 700 g/mol. The topological polar surface area (TPSA) is 149 Å². The summed E-state index contributed by atoms with van der Waals surface area (Å²) in [7, 11) is 2.76. The number of hydrazone groups is 1. The maximum Gasteiger partial charge on any atom is 0.337 e. The molecule has 0 fully saturated rings. The van der Waals surface area contributed by atoms with Crippen LogP contribution in [0.15, 0.2) is 75.4 Å². The molecule has 2 atom stereocenters. The van der Waals surface area contributed by atoms with E-state index in [1.54, 1.807) is 56.3 Å². The Balaban J connectivity index is 1.39. The summed E-state index contributed by atoms with van der Waals surface area (Å²) in [5.74, 6) is 0.617. The standard InChI is InChI=1S/C32H34BrFN4O8/c1-5-44-25-14-21(29-28(31(40)43-4)18(2)36-32(41)37-29)9-10-24(25)45-17-27(39)38-35-15-20-12-23(33)30(26(13-20)42-3)46-16-19-7-6-8-22(34)11-19/h6-15,27,29,38-39H,5,16-17H2,1-4H3,(H2,36,37,41)/b35-15-/t27-,29+/m1/s1. The van der Waals surface area contributed by atoms with Crippen LogP contribution in [0.5, 0.6) is 23.0 Å². The lowest BCUT2D eigenvalue weighted by atomic mass is 9.95. The number of hydrogen-bond donors (Lipinski definition) is 4. The van der Waals surface area contributed by atoms with Gasteiger partial charge in [-0.2, -0.15) is 5.10 Å². The number of amides is 2. The molecule has 46 heavy (non-hydrogen) atoms. The number of halogens is 2. The largest absolute Gasteiger partial charge is 0.493 e. The number of rotatable bonds is 14. The SMILES string of the molecule is CCOc1cc([C@@H]2NC(=O)NC(C)=C2C(=O)OC)ccc1OC[C@@H](O)N/N=C\c1cc(Br)c(OCc2cccc(F)c2)c(OC)c1. The fourth-order valence-electron chi connectivity index (χ4n) is 4.56. The summed E-state index contributed by atoms with van der Waals surface area (Å²) < 4.78 is 41.9. The first kappa shape index (κ1) is 34.1. The van der Waals surface area contributed by atoms with Crippen molar-refractivity contribution in [2.45, 2.75) is 32.7 Å². The van der Waals surface area contributed by atoms with Gasteiger partial charge in [0.15, 0.2) is 29.2 Å². The Labute approximate surface area is 273 Å². The van der Waals surface area contributed by atoms with Crippen LogP contribution >= 0.6 is 15.9 Å². The van der Waals surface area contributed by atoms with E-state index in [1.165, 1.54) is 32.6 Å². The highest BCUT2D eigenvalue weighted by molar-refractivity contribution is 9.10. The molecule has 0 unspecified atom stereocenters. The van der Waals surface area contributed by atoms with E-state index in [9.17, 15) is 19.1 Å². The number of urea groups is 1. The molecule has 244 valence electrons. The number of methoxy groups -OCH3 is 2. The Morgan fingerprint density at radius 2 is 1.91 bits per heavy atom. The Morgan fingerprint density at radius 3 is 2.63 bits per heavy atom. The fraction of sp³-hybridized carbons (Fsp3) is 0.281. The second-order valence-corrected chi connectivity index (χ2v) is 10.7. The van der Waals surface area contributed by atoms with Gasteiger partial charge < -0.3 is 39.4 Å². The number of benzene rings is 3. The molecule has 0 saturated carbocycles. The van der Waals surface area contributed by atoms with Gasteiger partial charge in [-0.3, -0.25) is 5.43 Å². The molecule has 0 saturated heterocycles. The van der Waals surface area contributed by atoms with Crippen molar-refractivity contribution in [2.24, 2.45) is 5.10 Å². The van der Waals surface area contributed by atoms with Gasteiger partial charge in [0.25, 0.3) is 0 Å². The van der Waals surface area contributed by atoms with Crippen molar-refractivity contribution in [3.63, 3.8) is 0 Å². The summed E-state index contributed by atoms with van der Waals surface area (Å²) >= 11 is 3.48. The van der Waals surface area contributed by atoms with Gasteiger partial charge >= 0.3 is 12.0 Å². The fourth-order valence-corrected chi connectivity index (χ4v) is 5.13. The van der Waals surface area contributed by atoms with Crippen LogP contribution in [0.1, 0.15) is 36.6 Å². The predicted molar refractivity (Wildman–Crippen MR) is 170 cm³/mol. The number of ether oxygens (including phenoxy) is 5. The maximum absolute atomic E-state index is 13.5. The molecule has 3 aromatic carbocycles. The molecule has 4 rings (SSSR count). The highest BCUT2D eigenvalue weighted by Crippen LogP contribution is 2.37. The molecular formula is C32H34BrFN4O8. The van der Waals surface area contributed by atoms with Gasteiger partial charge in [-0.1, -0.05) is 18.2 Å². The first-order valence-corrected chi connectivity index (χ1v) is 14.9. The van der Waals surface area contributed by atoms with Crippen molar-refractivity contribution < 1.29 is 42.8 Å². The third-order valence-electron chi connectivity index (χ3n) is 6.63. The number of esters is 1. The van der Waals surface area contributed by atoms with E-state index < -0.39 is 24.3 Å². The first-order valence-electron chi connectivity index (χ1n) is 14.1. The maximum atomic E-state index is 13.5. The Morgan fingerprint density at radius 1 is 1.11 bits per heavy atom. The van der Waals surface area contributed by atoms with Crippen LogP contribution < -0.4 is 35.0 Å². The molecule has 14 heteroatoms. The quantitative estimate of drug-likeness (QED) is 0.0813. The zero-order valence-electron chi connectivity index (χ0n) is 25.6. The van der Waals surface area contributed by atoms with Crippen LogP contribution in [0.2, 0.25) is 0 Å². The number of allylic oxidation sites excluding steroid dienone is 1. The van der Waals surface area contributed by atoms with E-state index in [4.69, 9.17) is 23.7 Å². The Hall–Kier alpha value is -4.82. The molecule has 4 N–H and O–H groups in total. The lowest BCUT2D eigenvalue weighted by Crippen LogP contribution is -2.45. The van der Waals surface area contributed by atoms with Crippen molar-refractivity contribution >= 4 is 34.1 Å². The third-order valence-corrected chi connectivity index (χ3v) is 7.22. The molecular weight excluding hydrogens is 667 g/mol. The van der Waals surface area contributed by atoms with E-state index in [2.05, 4.69) is 37.1 Å². The highest BCUT2D eigenvalue weighted by Gasteiger charge is 2.32. The van der Waals surface area contributed by atoms with Crippen LogP contribution in [0.4, 0.5) is 9.18 Å². The average molecular weight is 702 g/mol. The van der Waals surface area contributed by atoms with E-state index in [1.807, 2.05) is 0 Å². The number of aliphatic hydroxyl groups excluding tert-OH is 1. The first-order chi connectivity index (χ1) is 22.1. The number of hydrogen-bond acceptors (Lipinski definition) is 10. The lowest BCUT2D eigenvalue weighted by molar-refractivity contribution is -0.136. The Bertz CT molecular complexity index is 1630. The van der Waals surface area contributed by atoms with Gasteiger partial charge in [0.2, 0.25) is 0 Å². The van der Waals surface area contributed by atoms with Gasteiger partial charge in [-0.25, -0.2) is 14.0 Å². The minimum atomic E-state index is -1.19. The zero-order chi connectivity index (χ0) is 33.2. The number of aliphatic hydroxyl groups is 1. The summed E-state index contributed by atoms with van der Waals surface area (Å²) in [5, 5.41) is 19.9. The van der Waals surface area contributed by atoms with Crippen LogP contribution in [0, 0.1) is 5.82 Å². The molecule has 0 radical (unpaired) electrons. The molecule has 0 aliphatic carbocycles. The molecule has 0 spiro atoms. The summed E-state index contributed by atoms with van der Waals surface area (Å²) in [6, 6.07) is 13.3. The summed E-state index contributed by atoms with van der Waals surface area (Å²) in [6.07, 6.45) is 0.291. The number of carbonyl (C=O) groups is 2. The van der Waals surface area contributed by atoms with E-state index in [0.29, 0.717) is 56.5 Å². The number of nitrogens with one attached hydrogen (secondary N) is 3. The van der Waals surface area contributed by atoms with Crippen LogP contribution in [-0.4, -0.2) is 57.0 Å². The van der Waals surface area contributed by atoms with Crippen molar-refractivity contribution in [2.75, 3.05) is 27.4 Å². The smallest absolute Gasteiger partial charge is 0.337 e. The predicted octanol–water partition coefficient (Wildman–Crippen LogP) is 4.70. The van der Waals surface area contributed by atoms with Gasteiger partial charge in [0, 0.05) is 5.70 Å². The highest BCUT2D eigenvalue weighted by atomic mass is 79.9. The molecule has 3 aromatic rings. The molecule has 0 bridgehead atoms.